The van der Waals surface area contributed by atoms with Crippen LogP contribution in [0, 0.1) is 17.5 Å². The summed E-state index contributed by atoms with van der Waals surface area (Å²) in [7, 11) is 0. The molecule has 0 saturated carbocycles. The quantitative estimate of drug-likeness (QED) is 0.461. The summed E-state index contributed by atoms with van der Waals surface area (Å²) in [6, 6.07) is 8.52. The lowest BCUT2D eigenvalue weighted by Gasteiger charge is -2.05. The van der Waals surface area contributed by atoms with Gasteiger partial charge in [0, 0.05) is 4.90 Å². The lowest BCUT2D eigenvalue weighted by molar-refractivity contribution is 0.101. The first-order valence-corrected chi connectivity index (χ1v) is 6.91. The second-order valence-corrected chi connectivity index (χ2v) is 5.29. The fourth-order valence-corrected chi connectivity index (χ4v) is 2.65. The number of hydrogen-bond acceptors (Lipinski definition) is 2. The van der Waals surface area contributed by atoms with Crippen LogP contribution in [0.3, 0.4) is 0 Å². The van der Waals surface area contributed by atoms with Crippen molar-refractivity contribution < 1.29 is 18.0 Å². The standard InChI is InChI=1S/C14H8ClF3OS/c15-9-3-1-2-4-12(9)20-7-11(19)8-5-6-10(16)14(18)13(8)17/h1-6H,7H2. The average Bonchev–Trinajstić information content (AvgIpc) is 2.44. The van der Waals surface area contributed by atoms with Crippen molar-refractivity contribution in [2.75, 3.05) is 5.75 Å². The first-order valence-electron chi connectivity index (χ1n) is 5.54. The van der Waals surface area contributed by atoms with Crippen molar-refractivity contribution in [3.8, 4) is 0 Å². The second-order valence-electron chi connectivity index (χ2n) is 3.87. The number of carbonyl (C=O) groups is 1. The molecule has 0 aliphatic rings. The molecule has 0 spiro atoms. The van der Waals surface area contributed by atoms with Crippen LogP contribution in [0.2, 0.25) is 5.02 Å². The van der Waals surface area contributed by atoms with Crippen molar-refractivity contribution in [3.05, 3.63) is 64.4 Å². The molecule has 0 aliphatic heterocycles. The molecular weight excluding hydrogens is 309 g/mol. The third-order valence-electron chi connectivity index (χ3n) is 2.53. The van der Waals surface area contributed by atoms with Gasteiger partial charge in [-0.3, -0.25) is 4.79 Å². The molecule has 6 heteroatoms. The van der Waals surface area contributed by atoms with Gasteiger partial charge in [-0.1, -0.05) is 23.7 Å². The highest BCUT2D eigenvalue weighted by atomic mass is 35.5. The van der Waals surface area contributed by atoms with Gasteiger partial charge in [-0.2, -0.15) is 0 Å². The Kier molecular flexibility index (Phi) is 4.73. The van der Waals surface area contributed by atoms with E-state index in [-0.39, 0.29) is 5.75 Å². The molecule has 0 saturated heterocycles. The monoisotopic (exact) mass is 316 g/mol. The number of Topliss-reactive ketones (excluding diaryl/α,β-unsaturated/α-hetero) is 1. The van der Waals surface area contributed by atoms with Crippen LogP contribution in [0.5, 0.6) is 0 Å². The maximum atomic E-state index is 13.4. The van der Waals surface area contributed by atoms with Crippen LogP contribution >= 0.6 is 23.4 Å². The van der Waals surface area contributed by atoms with E-state index in [0.717, 1.165) is 23.9 Å². The molecule has 0 fully saturated rings. The van der Waals surface area contributed by atoms with Crippen LogP contribution in [0.25, 0.3) is 0 Å². The first-order chi connectivity index (χ1) is 9.50. The van der Waals surface area contributed by atoms with Crippen molar-refractivity contribution >= 4 is 29.1 Å². The molecule has 0 unspecified atom stereocenters. The maximum Gasteiger partial charge on any atom is 0.195 e. The molecule has 2 rings (SSSR count). The van der Waals surface area contributed by atoms with Crippen molar-refractivity contribution in [2.24, 2.45) is 0 Å². The minimum atomic E-state index is -1.64. The van der Waals surface area contributed by atoms with Crippen molar-refractivity contribution in [3.63, 3.8) is 0 Å². The number of ketones is 1. The Labute approximate surface area is 122 Å². The summed E-state index contributed by atoms with van der Waals surface area (Å²) in [5.41, 5.74) is -0.469. The fourth-order valence-electron chi connectivity index (χ4n) is 1.52. The van der Waals surface area contributed by atoms with Gasteiger partial charge in [0.2, 0.25) is 0 Å². The molecule has 20 heavy (non-hydrogen) atoms. The van der Waals surface area contributed by atoms with Gasteiger partial charge < -0.3 is 0 Å². The van der Waals surface area contributed by atoms with Gasteiger partial charge in [0.15, 0.2) is 23.2 Å². The van der Waals surface area contributed by atoms with Gasteiger partial charge in [-0.25, -0.2) is 13.2 Å². The smallest absolute Gasteiger partial charge is 0.195 e. The normalized spacial score (nSPS) is 10.6. The van der Waals surface area contributed by atoms with Crippen molar-refractivity contribution in [1.29, 1.82) is 0 Å². The van der Waals surface area contributed by atoms with E-state index in [1.807, 2.05) is 0 Å². The molecule has 0 bridgehead atoms. The summed E-state index contributed by atoms with van der Waals surface area (Å²) in [6.45, 7) is 0. The maximum absolute atomic E-state index is 13.4. The highest BCUT2D eigenvalue weighted by molar-refractivity contribution is 8.00. The molecule has 1 nitrogen and oxygen atoms in total. The topological polar surface area (TPSA) is 17.1 Å². The zero-order chi connectivity index (χ0) is 14.7. The van der Waals surface area contributed by atoms with E-state index < -0.39 is 28.8 Å². The van der Waals surface area contributed by atoms with Gasteiger partial charge in [-0.15, -0.1) is 11.8 Å². The van der Waals surface area contributed by atoms with Gasteiger partial charge in [0.25, 0.3) is 0 Å². The van der Waals surface area contributed by atoms with Gasteiger partial charge in [0.1, 0.15) is 0 Å². The lowest BCUT2D eigenvalue weighted by Crippen LogP contribution is -2.08. The molecule has 0 atom stereocenters. The Bertz CT molecular complexity index is 661. The summed E-state index contributed by atoms with van der Waals surface area (Å²) < 4.78 is 39.3. The number of benzene rings is 2. The summed E-state index contributed by atoms with van der Waals surface area (Å²) in [4.78, 5) is 12.5. The van der Waals surface area contributed by atoms with E-state index in [4.69, 9.17) is 11.6 Å². The highest BCUT2D eigenvalue weighted by Gasteiger charge is 2.18. The Morgan fingerprint density at radius 3 is 2.45 bits per heavy atom. The third kappa shape index (κ3) is 3.16. The van der Waals surface area contributed by atoms with E-state index in [2.05, 4.69) is 0 Å². The molecule has 2 aromatic carbocycles. The lowest BCUT2D eigenvalue weighted by atomic mass is 10.1. The van der Waals surface area contributed by atoms with Crippen LogP contribution < -0.4 is 0 Å². The molecule has 0 heterocycles. The number of thioether (sulfide) groups is 1. The van der Waals surface area contributed by atoms with Crippen LogP contribution in [0.1, 0.15) is 10.4 Å². The first kappa shape index (κ1) is 14.9. The zero-order valence-corrected chi connectivity index (χ0v) is 11.6. The van der Waals surface area contributed by atoms with Crippen LogP contribution in [-0.4, -0.2) is 11.5 Å². The number of hydrogen-bond donors (Lipinski definition) is 0. The molecule has 104 valence electrons. The fraction of sp³-hybridized carbons (Fsp3) is 0.0714. The summed E-state index contributed by atoms with van der Waals surface area (Å²) in [6.07, 6.45) is 0. The Morgan fingerprint density at radius 2 is 1.75 bits per heavy atom. The van der Waals surface area contributed by atoms with Gasteiger partial charge in [0.05, 0.1) is 16.3 Å². The number of rotatable bonds is 4. The van der Waals surface area contributed by atoms with E-state index in [9.17, 15) is 18.0 Å². The zero-order valence-electron chi connectivity index (χ0n) is 10.00. The molecule has 0 N–H and O–H groups in total. The number of halogens is 4. The van der Waals surface area contributed by atoms with E-state index in [1.165, 1.54) is 0 Å². The molecule has 0 amide bonds. The summed E-state index contributed by atoms with van der Waals surface area (Å²) >= 11 is 7.02. The van der Waals surface area contributed by atoms with Crippen molar-refractivity contribution in [1.82, 2.24) is 0 Å². The Hall–Kier alpha value is -1.46. The number of carbonyl (C=O) groups excluding carboxylic acids is 1. The van der Waals surface area contributed by atoms with Crippen LogP contribution in [0.15, 0.2) is 41.3 Å². The van der Waals surface area contributed by atoms with Crippen LogP contribution in [0.4, 0.5) is 13.2 Å². The minimum absolute atomic E-state index is 0.119. The van der Waals surface area contributed by atoms with E-state index >= 15 is 0 Å². The molecular formula is C14H8ClF3OS. The minimum Gasteiger partial charge on any atom is -0.293 e. The third-order valence-corrected chi connectivity index (χ3v) is 4.05. The van der Waals surface area contributed by atoms with Gasteiger partial charge >= 0.3 is 0 Å². The van der Waals surface area contributed by atoms with Crippen LogP contribution in [-0.2, 0) is 0 Å². The molecule has 0 aromatic heterocycles. The Morgan fingerprint density at radius 1 is 1.05 bits per heavy atom. The predicted molar refractivity (Wildman–Crippen MR) is 72.8 cm³/mol. The SMILES string of the molecule is O=C(CSc1ccccc1Cl)c1ccc(F)c(F)c1F. The van der Waals surface area contributed by atoms with E-state index in [1.54, 1.807) is 24.3 Å². The summed E-state index contributed by atoms with van der Waals surface area (Å²) in [5, 5.41) is 0.469. The second kappa shape index (κ2) is 6.33. The average molecular weight is 317 g/mol. The molecule has 2 aromatic rings. The van der Waals surface area contributed by atoms with E-state index in [0.29, 0.717) is 9.92 Å². The predicted octanol–water partition coefficient (Wildman–Crippen LogP) is 4.73. The van der Waals surface area contributed by atoms with Gasteiger partial charge in [-0.05, 0) is 24.3 Å². The molecule has 0 aliphatic carbocycles. The summed E-state index contributed by atoms with van der Waals surface area (Å²) in [5.74, 6) is -5.18. The largest absolute Gasteiger partial charge is 0.293 e. The highest BCUT2D eigenvalue weighted by Crippen LogP contribution is 2.27. The molecule has 0 radical (unpaired) electrons. The van der Waals surface area contributed by atoms with Crippen molar-refractivity contribution in [2.45, 2.75) is 4.90 Å². The Balaban J connectivity index is 2.14.